The predicted molar refractivity (Wildman–Crippen MR) is 82.1 cm³/mol. The van der Waals surface area contributed by atoms with Crippen molar-refractivity contribution in [1.82, 2.24) is 19.7 Å². The minimum Gasteiger partial charge on any atom is -0.366 e. The molecule has 22 heavy (non-hydrogen) atoms. The Labute approximate surface area is 127 Å². The summed E-state index contributed by atoms with van der Waals surface area (Å²) in [6.07, 6.45) is 1.73. The van der Waals surface area contributed by atoms with Crippen molar-refractivity contribution in [3.05, 3.63) is 65.6 Å². The maximum atomic E-state index is 11.1. The minimum absolute atomic E-state index is 0.433. The lowest BCUT2D eigenvalue weighted by Gasteiger charge is -2.06. The maximum Gasteiger partial charge on any atom is 0.248 e. The molecule has 1 aromatic carbocycles. The number of nitrogens with zero attached hydrogens (tertiary/aromatic N) is 4. The molecule has 3 rings (SSSR count). The van der Waals surface area contributed by atoms with E-state index in [0.29, 0.717) is 17.9 Å². The first-order valence-corrected chi connectivity index (χ1v) is 6.85. The molecule has 0 saturated carbocycles. The molecule has 6 heteroatoms. The average molecular weight is 293 g/mol. The highest BCUT2D eigenvalue weighted by molar-refractivity contribution is 5.92. The Bertz CT molecular complexity index is 793. The first-order chi connectivity index (χ1) is 10.6. The van der Waals surface area contributed by atoms with Gasteiger partial charge in [0.2, 0.25) is 5.91 Å². The average Bonchev–Trinajstić information content (AvgIpc) is 2.89. The molecule has 110 valence electrons. The molecule has 0 aliphatic heterocycles. The Morgan fingerprint density at radius 3 is 2.59 bits per heavy atom. The van der Waals surface area contributed by atoms with E-state index in [2.05, 4.69) is 15.1 Å². The molecule has 0 saturated heterocycles. The van der Waals surface area contributed by atoms with Gasteiger partial charge in [-0.1, -0.05) is 18.2 Å². The Hall–Kier alpha value is -3.02. The van der Waals surface area contributed by atoms with Crippen LogP contribution >= 0.6 is 0 Å². The van der Waals surface area contributed by atoms with Crippen LogP contribution in [0.4, 0.5) is 0 Å². The normalized spacial score (nSPS) is 10.6. The molecule has 6 nitrogen and oxygen atoms in total. The van der Waals surface area contributed by atoms with Gasteiger partial charge in [-0.15, -0.1) is 0 Å². The number of amides is 1. The van der Waals surface area contributed by atoms with Crippen LogP contribution in [-0.2, 0) is 6.54 Å². The maximum absolute atomic E-state index is 11.1. The molecule has 3 aromatic rings. The van der Waals surface area contributed by atoms with E-state index in [-0.39, 0.29) is 0 Å². The number of rotatable bonds is 4. The third-order valence-electron chi connectivity index (χ3n) is 3.24. The second kappa shape index (κ2) is 5.77. The van der Waals surface area contributed by atoms with Gasteiger partial charge in [0.05, 0.1) is 6.54 Å². The van der Waals surface area contributed by atoms with Crippen LogP contribution in [0.3, 0.4) is 0 Å². The highest BCUT2D eigenvalue weighted by Crippen LogP contribution is 2.16. The number of hydrogen-bond donors (Lipinski definition) is 1. The van der Waals surface area contributed by atoms with Gasteiger partial charge >= 0.3 is 0 Å². The zero-order chi connectivity index (χ0) is 15.5. The summed E-state index contributed by atoms with van der Waals surface area (Å²) < 4.78 is 1.80. The van der Waals surface area contributed by atoms with Gasteiger partial charge < -0.3 is 5.73 Å². The van der Waals surface area contributed by atoms with Crippen molar-refractivity contribution in [3.8, 4) is 11.5 Å². The fourth-order valence-corrected chi connectivity index (χ4v) is 2.20. The Morgan fingerprint density at radius 2 is 1.95 bits per heavy atom. The van der Waals surface area contributed by atoms with E-state index in [1.54, 1.807) is 23.0 Å². The highest BCUT2D eigenvalue weighted by Gasteiger charge is 2.11. The van der Waals surface area contributed by atoms with Crippen molar-refractivity contribution in [1.29, 1.82) is 0 Å². The lowest BCUT2D eigenvalue weighted by molar-refractivity contribution is 0.100. The fraction of sp³-hybridized carbons (Fsp3) is 0.125. The summed E-state index contributed by atoms with van der Waals surface area (Å²) in [6, 6.07) is 12.8. The molecule has 2 heterocycles. The van der Waals surface area contributed by atoms with Gasteiger partial charge in [0.25, 0.3) is 0 Å². The first-order valence-electron chi connectivity index (χ1n) is 6.85. The lowest BCUT2D eigenvalue weighted by atomic mass is 10.1. The summed E-state index contributed by atoms with van der Waals surface area (Å²) in [6.45, 7) is 2.39. The van der Waals surface area contributed by atoms with E-state index >= 15 is 0 Å². The number of pyridine rings is 1. The van der Waals surface area contributed by atoms with E-state index in [0.717, 1.165) is 17.1 Å². The van der Waals surface area contributed by atoms with Crippen LogP contribution in [0.15, 0.2) is 48.7 Å². The Kier molecular flexibility index (Phi) is 3.65. The zero-order valence-corrected chi connectivity index (χ0v) is 12.1. The van der Waals surface area contributed by atoms with Crippen molar-refractivity contribution < 1.29 is 4.79 Å². The molecule has 0 bridgehead atoms. The predicted octanol–water partition coefficient (Wildman–Crippen LogP) is 1.80. The van der Waals surface area contributed by atoms with Crippen molar-refractivity contribution in [2.45, 2.75) is 13.5 Å². The molecular formula is C16H15N5O. The third-order valence-corrected chi connectivity index (χ3v) is 3.24. The molecule has 0 aliphatic carbocycles. The number of hydrogen-bond acceptors (Lipinski definition) is 4. The van der Waals surface area contributed by atoms with E-state index < -0.39 is 5.91 Å². The van der Waals surface area contributed by atoms with Crippen LogP contribution in [0.2, 0.25) is 0 Å². The summed E-state index contributed by atoms with van der Waals surface area (Å²) in [4.78, 5) is 19.9. The van der Waals surface area contributed by atoms with Crippen LogP contribution in [0.25, 0.3) is 11.5 Å². The number of benzene rings is 1. The number of nitrogens with two attached hydrogens (primary N) is 1. The van der Waals surface area contributed by atoms with Gasteiger partial charge in [-0.3, -0.25) is 9.78 Å². The number of carbonyl (C=O) groups is 1. The number of primary amides is 1. The molecule has 1 amide bonds. The van der Waals surface area contributed by atoms with Gasteiger partial charge in [0.15, 0.2) is 5.82 Å². The Balaban J connectivity index is 1.91. The van der Waals surface area contributed by atoms with Gasteiger partial charge in [0, 0.05) is 11.8 Å². The molecule has 0 unspecified atom stereocenters. The SMILES string of the molecule is Cc1nc(-c2ccccn2)n(Cc2ccc(C(N)=O)cc2)n1. The van der Waals surface area contributed by atoms with Gasteiger partial charge in [-0.25, -0.2) is 9.67 Å². The number of carbonyl (C=O) groups excluding carboxylic acids is 1. The van der Waals surface area contributed by atoms with E-state index in [1.165, 1.54) is 0 Å². The summed E-state index contributed by atoms with van der Waals surface area (Å²) in [5, 5.41) is 4.41. The van der Waals surface area contributed by atoms with Crippen LogP contribution in [0, 0.1) is 6.92 Å². The second-order valence-corrected chi connectivity index (χ2v) is 4.92. The van der Waals surface area contributed by atoms with Crippen LogP contribution in [-0.4, -0.2) is 25.7 Å². The van der Waals surface area contributed by atoms with E-state index in [1.807, 2.05) is 37.3 Å². The van der Waals surface area contributed by atoms with E-state index in [4.69, 9.17) is 5.73 Å². The Morgan fingerprint density at radius 1 is 1.18 bits per heavy atom. The van der Waals surface area contributed by atoms with Crippen molar-refractivity contribution >= 4 is 5.91 Å². The van der Waals surface area contributed by atoms with Crippen LogP contribution < -0.4 is 5.73 Å². The quantitative estimate of drug-likeness (QED) is 0.794. The zero-order valence-electron chi connectivity index (χ0n) is 12.1. The fourth-order valence-electron chi connectivity index (χ4n) is 2.20. The van der Waals surface area contributed by atoms with Crippen molar-refractivity contribution in [3.63, 3.8) is 0 Å². The second-order valence-electron chi connectivity index (χ2n) is 4.92. The van der Waals surface area contributed by atoms with Gasteiger partial charge in [-0.2, -0.15) is 5.10 Å². The molecule has 2 N–H and O–H groups in total. The molecule has 0 spiro atoms. The molecule has 0 aliphatic rings. The standard InChI is InChI=1S/C16H15N5O/c1-11-19-16(14-4-2-3-9-18-14)21(20-11)10-12-5-7-13(8-6-12)15(17)22/h2-9H,10H2,1H3,(H2,17,22). The number of aryl methyl sites for hydroxylation is 1. The van der Waals surface area contributed by atoms with Crippen LogP contribution in [0.1, 0.15) is 21.7 Å². The van der Waals surface area contributed by atoms with Gasteiger partial charge in [0.1, 0.15) is 11.5 Å². The summed E-state index contributed by atoms with van der Waals surface area (Å²) >= 11 is 0. The van der Waals surface area contributed by atoms with Crippen LogP contribution in [0.5, 0.6) is 0 Å². The molecule has 2 aromatic heterocycles. The third kappa shape index (κ3) is 2.85. The topological polar surface area (TPSA) is 86.7 Å². The molecule has 0 radical (unpaired) electrons. The summed E-state index contributed by atoms with van der Waals surface area (Å²) in [5.41, 5.74) is 7.52. The first kappa shape index (κ1) is 13.9. The monoisotopic (exact) mass is 293 g/mol. The smallest absolute Gasteiger partial charge is 0.248 e. The molecule has 0 fully saturated rings. The minimum atomic E-state index is -0.433. The molecule has 0 atom stereocenters. The van der Waals surface area contributed by atoms with Crippen molar-refractivity contribution in [2.75, 3.05) is 0 Å². The number of aromatic nitrogens is 4. The summed E-state index contributed by atoms with van der Waals surface area (Å²) in [7, 11) is 0. The largest absolute Gasteiger partial charge is 0.366 e. The van der Waals surface area contributed by atoms with Crippen molar-refractivity contribution in [2.24, 2.45) is 5.73 Å². The summed E-state index contributed by atoms with van der Waals surface area (Å²) in [5.74, 6) is 0.976. The highest BCUT2D eigenvalue weighted by atomic mass is 16.1. The van der Waals surface area contributed by atoms with E-state index in [9.17, 15) is 4.79 Å². The van der Waals surface area contributed by atoms with Gasteiger partial charge in [-0.05, 0) is 36.8 Å². The lowest BCUT2D eigenvalue weighted by Crippen LogP contribution is -2.11. The molecular weight excluding hydrogens is 278 g/mol.